The molecule has 0 saturated carbocycles. The van der Waals surface area contributed by atoms with Crippen LogP contribution in [0.5, 0.6) is 5.75 Å². The third kappa shape index (κ3) is 5.51. The van der Waals surface area contributed by atoms with Crippen molar-refractivity contribution in [3.63, 3.8) is 0 Å². The Morgan fingerprint density at radius 3 is 2.57 bits per heavy atom. The van der Waals surface area contributed by atoms with Gasteiger partial charge in [0.05, 0.1) is 0 Å². The van der Waals surface area contributed by atoms with E-state index in [-0.39, 0.29) is 0 Å². The van der Waals surface area contributed by atoms with E-state index in [1.807, 2.05) is 44.4 Å². The van der Waals surface area contributed by atoms with Crippen molar-refractivity contribution < 1.29 is 4.74 Å². The molecule has 1 aromatic carbocycles. The molecule has 1 N–H and O–H groups in total. The maximum Gasteiger partial charge on any atom is 0.119 e. The predicted octanol–water partition coefficient (Wildman–Crippen LogP) is 4.72. The molecule has 0 amide bonds. The zero-order valence-electron chi connectivity index (χ0n) is 12.0. The monoisotopic (exact) mass is 388 g/mol. The lowest BCUT2D eigenvalue weighted by molar-refractivity contribution is 0.261. The van der Waals surface area contributed by atoms with Crippen molar-refractivity contribution in [3.8, 4) is 5.75 Å². The number of hydrogen-bond acceptors (Lipinski definition) is 4. The second-order valence-corrected chi connectivity index (χ2v) is 7.46. The van der Waals surface area contributed by atoms with Crippen molar-refractivity contribution in [3.05, 3.63) is 44.0 Å². The van der Waals surface area contributed by atoms with Gasteiger partial charge in [-0.25, -0.2) is 0 Å². The summed E-state index contributed by atoms with van der Waals surface area (Å²) in [5, 5.41) is 3.37. The van der Waals surface area contributed by atoms with Crippen LogP contribution in [0.2, 0.25) is 4.34 Å². The van der Waals surface area contributed by atoms with Crippen LogP contribution in [0.3, 0.4) is 0 Å². The Hall–Kier alpha value is -0.750. The summed E-state index contributed by atoms with van der Waals surface area (Å²) in [5.41, 5.74) is 1.07. The maximum atomic E-state index is 6.03. The summed E-state index contributed by atoms with van der Waals surface area (Å²) in [4.78, 5) is 3.29. The van der Waals surface area contributed by atoms with Gasteiger partial charge in [-0.05, 0) is 60.4 Å². The van der Waals surface area contributed by atoms with Gasteiger partial charge in [0.2, 0.25) is 0 Å². The van der Waals surface area contributed by atoms with Gasteiger partial charge in [-0.2, -0.15) is 0 Å². The normalized spacial score (nSPS) is 10.9. The number of anilines is 1. The number of halogens is 2. The molecule has 0 atom stereocenters. The van der Waals surface area contributed by atoms with E-state index in [2.05, 4.69) is 26.1 Å². The first-order chi connectivity index (χ1) is 10.0. The minimum atomic E-state index is 0.696. The van der Waals surface area contributed by atoms with E-state index in [1.165, 1.54) is 4.88 Å². The molecule has 0 bridgehead atoms. The highest BCUT2D eigenvalue weighted by Gasteiger charge is 2.04. The maximum absolute atomic E-state index is 6.03. The van der Waals surface area contributed by atoms with Gasteiger partial charge in [0, 0.05) is 28.1 Å². The second-order valence-electron chi connectivity index (χ2n) is 4.86. The molecule has 0 aliphatic heterocycles. The van der Waals surface area contributed by atoms with Gasteiger partial charge in [0.25, 0.3) is 0 Å². The van der Waals surface area contributed by atoms with Gasteiger partial charge in [-0.1, -0.05) is 11.6 Å². The van der Waals surface area contributed by atoms with E-state index >= 15 is 0 Å². The zero-order valence-corrected chi connectivity index (χ0v) is 15.2. The number of ether oxygens (including phenoxy) is 1. The molecule has 3 nitrogen and oxygen atoms in total. The fourth-order valence-corrected chi connectivity index (χ4v) is 3.41. The van der Waals surface area contributed by atoms with Crippen molar-refractivity contribution in [1.82, 2.24) is 4.90 Å². The van der Waals surface area contributed by atoms with Gasteiger partial charge in [-0.15, -0.1) is 11.3 Å². The molecule has 1 heterocycles. The molecule has 21 heavy (non-hydrogen) atoms. The summed E-state index contributed by atoms with van der Waals surface area (Å²) in [6, 6.07) is 10.0. The highest BCUT2D eigenvalue weighted by molar-refractivity contribution is 9.10. The molecule has 0 radical (unpaired) electrons. The van der Waals surface area contributed by atoms with Crippen LogP contribution in [-0.2, 0) is 6.54 Å². The predicted molar refractivity (Wildman–Crippen MR) is 94.8 cm³/mol. The van der Waals surface area contributed by atoms with E-state index in [9.17, 15) is 0 Å². The highest BCUT2D eigenvalue weighted by atomic mass is 79.9. The van der Waals surface area contributed by atoms with Crippen LogP contribution in [0.1, 0.15) is 4.88 Å². The highest BCUT2D eigenvalue weighted by Crippen LogP contribution is 2.32. The number of thiophene rings is 1. The fraction of sp³-hybridized carbons (Fsp3) is 0.333. The summed E-state index contributed by atoms with van der Waals surface area (Å²) >= 11 is 11.0. The van der Waals surface area contributed by atoms with E-state index in [4.69, 9.17) is 16.3 Å². The topological polar surface area (TPSA) is 24.5 Å². The number of nitrogens with zero attached hydrogens (tertiary/aromatic N) is 1. The van der Waals surface area contributed by atoms with E-state index in [0.717, 1.165) is 33.3 Å². The average molecular weight is 390 g/mol. The van der Waals surface area contributed by atoms with Gasteiger partial charge in [-0.3, -0.25) is 0 Å². The molecule has 6 heteroatoms. The van der Waals surface area contributed by atoms with Gasteiger partial charge >= 0.3 is 0 Å². The number of benzene rings is 1. The summed E-state index contributed by atoms with van der Waals surface area (Å²) in [6.07, 6.45) is 0. The number of rotatable bonds is 7. The van der Waals surface area contributed by atoms with Crippen LogP contribution in [0, 0.1) is 0 Å². The minimum Gasteiger partial charge on any atom is -0.492 e. The summed E-state index contributed by atoms with van der Waals surface area (Å²) < 4.78 is 7.41. The lowest BCUT2D eigenvalue weighted by atomic mass is 10.3. The van der Waals surface area contributed by atoms with Crippen LogP contribution in [0.25, 0.3) is 0 Å². The van der Waals surface area contributed by atoms with Crippen molar-refractivity contribution in [2.45, 2.75) is 6.54 Å². The molecule has 0 aliphatic carbocycles. The summed E-state index contributed by atoms with van der Waals surface area (Å²) in [5.74, 6) is 0.893. The molecule has 0 fully saturated rings. The van der Waals surface area contributed by atoms with Gasteiger partial charge in [0.15, 0.2) is 0 Å². The quantitative estimate of drug-likeness (QED) is 0.742. The van der Waals surface area contributed by atoms with Crippen molar-refractivity contribution in [1.29, 1.82) is 0 Å². The average Bonchev–Trinajstić information content (AvgIpc) is 2.77. The third-order valence-electron chi connectivity index (χ3n) is 2.82. The lowest BCUT2D eigenvalue weighted by Gasteiger charge is -2.11. The first-order valence-electron chi connectivity index (χ1n) is 6.60. The molecule has 1 aromatic heterocycles. The first-order valence-corrected chi connectivity index (χ1v) is 8.58. The minimum absolute atomic E-state index is 0.696. The van der Waals surface area contributed by atoms with Crippen molar-refractivity contribution in [2.24, 2.45) is 0 Å². The Bertz CT molecular complexity index is 552. The van der Waals surface area contributed by atoms with Crippen LogP contribution < -0.4 is 10.1 Å². The molecular weight excluding hydrogens is 372 g/mol. The Balaban J connectivity index is 1.82. The van der Waals surface area contributed by atoms with E-state index in [0.29, 0.717) is 6.61 Å². The van der Waals surface area contributed by atoms with Crippen LogP contribution in [-0.4, -0.2) is 32.1 Å². The number of hydrogen-bond donors (Lipinski definition) is 1. The molecule has 2 rings (SSSR count). The van der Waals surface area contributed by atoms with Crippen LogP contribution in [0.4, 0.5) is 5.69 Å². The lowest BCUT2D eigenvalue weighted by Crippen LogP contribution is -2.19. The fourth-order valence-electron chi connectivity index (χ4n) is 1.68. The molecule has 0 saturated heterocycles. The SMILES string of the molecule is CN(C)CCOc1ccc(NCc2cc(Br)c(Cl)s2)cc1. The molecule has 2 aromatic rings. The first kappa shape index (κ1) is 16.6. The molecule has 0 unspecified atom stereocenters. The van der Waals surface area contributed by atoms with Gasteiger partial charge in [0.1, 0.15) is 16.7 Å². The Kier molecular flexibility index (Phi) is 6.36. The van der Waals surface area contributed by atoms with Crippen molar-refractivity contribution in [2.75, 3.05) is 32.6 Å². The standard InChI is InChI=1S/C15H18BrClN2OS/c1-19(2)7-8-20-12-5-3-11(4-6-12)18-10-13-9-14(16)15(17)21-13/h3-6,9,18H,7-8,10H2,1-2H3. The van der Waals surface area contributed by atoms with Gasteiger partial charge < -0.3 is 15.0 Å². The summed E-state index contributed by atoms with van der Waals surface area (Å²) in [7, 11) is 4.07. The smallest absolute Gasteiger partial charge is 0.119 e. The van der Waals surface area contributed by atoms with Crippen molar-refractivity contribution >= 4 is 44.6 Å². The number of nitrogens with one attached hydrogen (secondary N) is 1. The van der Waals surface area contributed by atoms with Crippen LogP contribution >= 0.6 is 38.9 Å². The Morgan fingerprint density at radius 2 is 2.00 bits per heavy atom. The van der Waals surface area contributed by atoms with Crippen LogP contribution in [0.15, 0.2) is 34.8 Å². The molecule has 114 valence electrons. The Morgan fingerprint density at radius 1 is 1.29 bits per heavy atom. The van der Waals surface area contributed by atoms with E-state index in [1.54, 1.807) is 11.3 Å². The molecule has 0 spiro atoms. The largest absolute Gasteiger partial charge is 0.492 e. The third-order valence-corrected chi connectivity index (χ3v) is 5.30. The Labute approximate surface area is 143 Å². The number of likely N-dealkylation sites (N-methyl/N-ethyl adjacent to an activating group) is 1. The summed E-state index contributed by atoms with van der Waals surface area (Å²) in [6.45, 7) is 2.37. The van der Waals surface area contributed by atoms with E-state index < -0.39 is 0 Å². The second kappa shape index (κ2) is 8.03. The molecular formula is C15H18BrClN2OS. The zero-order chi connectivity index (χ0) is 15.2. The molecule has 0 aliphatic rings.